The second kappa shape index (κ2) is 10.4. The van der Waals surface area contributed by atoms with Gasteiger partial charge in [-0.2, -0.15) is 0 Å². The van der Waals surface area contributed by atoms with E-state index in [2.05, 4.69) is 5.32 Å². The van der Waals surface area contributed by atoms with Crippen LogP contribution in [0.4, 0.5) is 5.82 Å². The molecule has 9 heteroatoms. The number of thiophene rings is 1. The molecule has 0 fully saturated rings. The standard InChI is InChI=1S/C22H23Cl2N3O2S2/c1-2-29-19(28)12-30-11-18-26-21(25-10-13-7-8-15(23)16(24)9-13)20-14-5-3-4-6-17(14)31-22(20)27-18/h7-9H,2-6,10-12H2,1H3,(H,25,26,27). The molecule has 0 atom stereocenters. The maximum atomic E-state index is 11.6. The lowest BCUT2D eigenvalue weighted by Crippen LogP contribution is -2.08. The summed E-state index contributed by atoms with van der Waals surface area (Å²) in [5.41, 5.74) is 2.41. The van der Waals surface area contributed by atoms with Gasteiger partial charge in [-0.1, -0.05) is 29.3 Å². The Labute approximate surface area is 199 Å². The summed E-state index contributed by atoms with van der Waals surface area (Å²) in [6, 6.07) is 5.63. The van der Waals surface area contributed by atoms with Crippen molar-refractivity contribution in [1.82, 2.24) is 9.97 Å². The van der Waals surface area contributed by atoms with Gasteiger partial charge in [0.1, 0.15) is 16.5 Å². The summed E-state index contributed by atoms with van der Waals surface area (Å²) in [4.78, 5) is 23.7. The lowest BCUT2D eigenvalue weighted by molar-refractivity contribution is -0.139. The van der Waals surface area contributed by atoms with E-state index in [-0.39, 0.29) is 5.97 Å². The van der Waals surface area contributed by atoms with Crippen molar-refractivity contribution in [1.29, 1.82) is 0 Å². The molecular weight excluding hydrogens is 473 g/mol. The van der Waals surface area contributed by atoms with E-state index < -0.39 is 0 Å². The molecule has 0 bridgehead atoms. The van der Waals surface area contributed by atoms with Crippen LogP contribution < -0.4 is 5.32 Å². The Balaban J connectivity index is 1.59. The zero-order valence-electron chi connectivity index (χ0n) is 17.2. The summed E-state index contributed by atoms with van der Waals surface area (Å²) in [5.74, 6) is 2.21. The predicted octanol–water partition coefficient (Wildman–Crippen LogP) is 6.29. The zero-order chi connectivity index (χ0) is 21.8. The molecule has 1 N–H and O–H groups in total. The van der Waals surface area contributed by atoms with Crippen molar-refractivity contribution in [2.75, 3.05) is 17.7 Å². The van der Waals surface area contributed by atoms with Crippen LogP contribution in [0.1, 0.15) is 41.6 Å². The average Bonchev–Trinajstić information content (AvgIpc) is 3.13. The second-order valence-corrected chi connectivity index (χ2v) is 10.2. The lowest BCUT2D eigenvalue weighted by Gasteiger charge is -2.13. The molecule has 0 saturated carbocycles. The van der Waals surface area contributed by atoms with Crippen molar-refractivity contribution in [3.05, 3.63) is 50.1 Å². The number of thioether (sulfide) groups is 1. The first-order valence-corrected chi connectivity index (χ1v) is 13.0. The fourth-order valence-electron chi connectivity index (χ4n) is 3.66. The Morgan fingerprint density at radius 3 is 2.87 bits per heavy atom. The molecule has 1 aliphatic carbocycles. The third kappa shape index (κ3) is 5.45. The van der Waals surface area contributed by atoms with E-state index in [1.165, 1.54) is 35.0 Å². The number of aryl methyl sites for hydroxylation is 2. The molecule has 0 radical (unpaired) electrons. The number of benzene rings is 1. The zero-order valence-corrected chi connectivity index (χ0v) is 20.3. The van der Waals surface area contributed by atoms with E-state index in [9.17, 15) is 4.79 Å². The number of halogens is 2. The van der Waals surface area contributed by atoms with Crippen LogP contribution in [-0.2, 0) is 34.7 Å². The van der Waals surface area contributed by atoms with Crippen LogP contribution in [0.2, 0.25) is 10.0 Å². The number of ether oxygens (including phenoxy) is 1. The topological polar surface area (TPSA) is 64.1 Å². The highest BCUT2D eigenvalue weighted by molar-refractivity contribution is 7.99. The molecule has 5 nitrogen and oxygen atoms in total. The molecule has 0 unspecified atom stereocenters. The highest BCUT2D eigenvalue weighted by atomic mass is 35.5. The highest BCUT2D eigenvalue weighted by Gasteiger charge is 2.21. The molecule has 4 rings (SSSR count). The van der Waals surface area contributed by atoms with Crippen LogP contribution >= 0.6 is 46.3 Å². The molecule has 1 aromatic carbocycles. The van der Waals surface area contributed by atoms with Gasteiger partial charge in [-0.05, 0) is 55.9 Å². The lowest BCUT2D eigenvalue weighted by atomic mass is 9.97. The number of nitrogens with one attached hydrogen (secondary N) is 1. The van der Waals surface area contributed by atoms with Gasteiger partial charge in [0, 0.05) is 11.4 Å². The third-order valence-corrected chi connectivity index (χ3v) is 7.89. The number of hydrogen-bond donors (Lipinski definition) is 1. The minimum Gasteiger partial charge on any atom is -0.465 e. The number of nitrogens with zero attached hydrogens (tertiary/aromatic N) is 2. The van der Waals surface area contributed by atoms with Crippen LogP contribution in [0.25, 0.3) is 10.2 Å². The quantitative estimate of drug-likeness (QED) is 0.370. The average molecular weight is 496 g/mol. The van der Waals surface area contributed by atoms with Gasteiger partial charge in [0.15, 0.2) is 0 Å². The highest BCUT2D eigenvalue weighted by Crippen LogP contribution is 2.39. The number of esters is 1. The minimum atomic E-state index is -0.210. The first-order valence-electron chi connectivity index (χ1n) is 10.3. The molecule has 0 amide bonds. The number of carbonyl (C=O) groups excluding carboxylic acids is 1. The fourth-order valence-corrected chi connectivity index (χ4v) is 5.92. The number of aromatic nitrogens is 2. The molecule has 0 aliphatic heterocycles. The summed E-state index contributed by atoms with van der Waals surface area (Å²) in [6.45, 7) is 2.79. The number of anilines is 1. The number of fused-ring (bicyclic) bond motifs is 3. The molecule has 2 heterocycles. The fraction of sp³-hybridized carbons (Fsp3) is 0.409. The summed E-state index contributed by atoms with van der Waals surface area (Å²) < 4.78 is 5.00. The van der Waals surface area contributed by atoms with Crippen molar-refractivity contribution < 1.29 is 9.53 Å². The van der Waals surface area contributed by atoms with Crippen LogP contribution in [0, 0.1) is 0 Å². The van der Waals surface area contributed by atoms with Crippen molar-refractivity contribution in [3.8, 4) is 0 Å². The van der Waals surface area contributed by atoms with Crippen LogP contribution in [0.15, 0.2) is 18.2 Å². The molecule has 1 aliphatic rings. The van der Waals surface area contributed by atoms with Crippen LogP contribution in [0.3, 0.4) is 0 Å². The maximum absolute atomic E-state index is 11.6. The normalized spacial score (nSPS) is 13.3. The smallest absolute Gasteiger partial charge is 0.315 e. The van der Waals surface area contributed by atoms with Crippen molar-refractivity contribution in [2.24, 2.45) is 0 Å². The van der Waals surface area contributed by atoms with Gasteiger partial charge in [-0.25, -0.2) is 9.97 Å². The Kier molecular flexibility index (Phi) is 7.59. The Morgan fingerprint density at radius 2 is 2.06 bits per heavy atom. The van der Waals surface area contributed by atoms with E-state index in [0.29, 0.717) is 34.7 Å². The van der Waals surface area contributed by atoms with Crippen molar-refractivity contribution in [3.63, 3.8) is 0 Å². The van der Waals surface area contributed by atoms with Crippen molar-refractivity contribution >= 4 is 68.3 Å². The minimum absolute atomic E-state index is 0.210. The van der Waals surface area contributed by atoms with Gasteiger partial charge >= 0.3 is 5.97 Å². The predicted molar refractivity (Wildman–Crippen MR) is 131 cm³/mol. The summed E-state index contributed by atoms with van der Waals surface area (Å²) in [5, 5.41) is 5.72. The van der Waals surface area contributed by atoms with Gasteiger partial charge < -0.3 is 10.1 Å². The first kappa shape index (κ1) is 22.6. The van der Waals surface area contributed by atoms with E-state index in [1.807, 2.05) is 19.1 Å². The van der Waals surface area contributed by atoms with Crippen LogP contribution in [-0.4, -0.2) is 28.3 Å². The molecule has 2 aromatic heterocycles. The van der Waals surface area contributed by atoms with Gasteiger partial charge in [0.25, 0.3) is 0 Å². The van der Waals surface area contributed by atoms with Gasteiger partial charge in [0.2, 0.25) is 0 Å². The number of rotatable bonds is 8. The van der Waals surface area contributed by atoms with Gasteiger partial charge in [-0.15, -0.1) is 23.1 Å². The Morgan fingerprint density at radius 1 is 1.23 bits per heavy atom. The molecule has 0 spiro atoms. The largest absolute Gasteiger partial charge is 0.465 e. The van der Waals surface area contributed by atoms with Gasteiger partial charge in [-0.3, -0.25) is 4.79 Å². The third-order valence-electron chi connectivity index (χ3n) is 5.06. The first-order chi connectivity index (χ1) is 15.0. The SMILES string of the molecule is CCOC(=O)CSCc1nc(NCc2ccc(Cl)c(Cl)c2)c2c3c(sc2n1)CCCC3. The van der Waals surface area contributed by atoms with E-state index in [1.54, 1.807) is 17.4 Å². The summed E-state index contributed by atoms with van der Waals surface area (Å²) in [6.07, 6.45) is 4.59. The van der Waals surface area contributed by atoms with E-state index in [4.69, 9.17) is 37.9 Å². The monoisotopic (exact) mass is 495 g/mol. The molecular formula is C22H23Cl2N3O2S2. The summed E-state index contributed by atoms with van der Waals surface area (Å²) in [7, 11) is 0. The molecule has 31 heavy (non-hydrogen) atoms. The molecule has 0 saturated heterocycles. The van der Waals surface area contributed by atoms with Crippen molar-refractivity contribution in [2.45, 2.75) is 44.9 Å². The van der Waals surface area contributed by atoms with Gasteiger partial charge in [0.05, 0.1) is 33.5 Å². The second-order valence-electron chi connectivity index (χ2n) is 7.28. The number of hydrogen-bond acceptors (Lipinski definition) is 7. The molecule has 3 aromatic rings. The number of carbonyl (C=O) groups is 1. The Hall–Kier alpha value is -1.54. The Bertz CT molecular complexity index is 1100. The van der Waals surface area contributed by atoms with E-state index >= 15 is 0 Å². The van der Waals surface area contributed by atoms with E-state index in [0.717, 1.165) is 40.3 Å². The molecule has 164 valence electrons. The van der Waals surface area contributed by atoms with Crippen LogP contribution in [0.5, 0.6) is 0 Å². The summed E-state index contributed by atoms with van der Waals surface area (Å²) >= 11 is 15.5. The maximum Gasteiger partial charge on any atom is 0.315 e.